The molecule has 2 rings (SSSR count). The number of ether oxygens (including phenoxy) is 1. The zero-order valence-electron chi connectivity index (χ0n) is 9.46. The van der Waals surface area contributed by atoms with Crippen LogP contribution in [-0.4, -0.2) is 25.8 Å². The van der Waals surface area contributed by atoms with Crippen molar-refractivity contribution >= 4 is 0 Å². The third kappa shape index (κ3) is 3.21. The van der Waals surface area contributed by atoms with Gasteiger partial charge in [0.15, 0.2) is 11.6 Å². The van der Waals surface area contributed by atoms with Crippen molar-refractivity contribution in [3.63, 3.8) is 0 Å². The van der Waals surface area contributed by atoms with Gasteiger partial charge >= 0.3 is 0 Å². The highest BCUT2D eigenvalue weighted by Crippen LogP contribution is 2.19. The van der Waals surface area contributed by atoms with Crippen molar-refractivity contribution in [3.8, 4) is 0 Å². The summed E-state index contributed by atoms with van der Waals surface area (Å²) in [5, 5.41) is 3.27. The first kappa shape index (κ1) is 12.4. The van der Waals surface area contributed by atoms with Gasteiger partial charge in [-0.25, -0.2) is 8.78 Å². The Labute approximate surface area is 98.9 Å². The van der Waals surface area contributed by atoms with Gasteiger partial charge in [-0.1, -0.05) is 6.07 Å². The summed E-state index contributed by atoms with van der Waals surface area (Å²) in [4.78, 5) is 0. The number of hydrogen-bond donors (Lipinski definition) is 2. The summed E-state index contributed by atoms with van der Waals surface area (Å²) < 4.78 is 31.1. The molecule has 1 fully saturated rings. The largest absolute Gasteiger partial charge is 0.379 e. The number of benzene rings is 1. The first-order valence-corrected chi connectivity index (χ1v) is 5.68. The number of halogens is 2. The zero-order valence-corrected chi connectivity index (χ0v) is 9.46. The van der Waals surface area contributed by atoms with Crippen molar-refractivity contribution in [1.82, 2.24) is 5.32 Å². The van der Waals surface area contributed by atoms with E-state index < -0.39 is 11.6 Å². The maximum absolute atomic E-state index is 13.0. The van der Waals surface area contributed by atoms with Gasteiger partial charge in [0.25, 0.3) is 0 Å². The molecule has 94 valence electrons. The van der Waals surface area contributed by atoms with E-state index in [4.69, 9.17) is 10.5 Å². The summed E-state index contributed by atoms with van der Waals surface area (Å²) in [5.74, 6) is -1.70. The molecule has 1 aromatic rings. The fraction of sp³-hybridized carbons (Fsp3) is 0.500. The Kier molecular flexibility index (Phi) is 4.04. The second-order valence-electron chi connectivity index (χ2n) is 4.24. The van der Waals surface area contributed by atoms with Gasteiger partial charge in [0.05, 0.1) is 13.2 Å². The van der Waals surface area contributed by atoms with Crippen molar-refractivity contribution in [1.29, 1.82) is 0 Å². The van der Waals surface area contributed by atoms with Crippen LogP contribution in [0.2, 0.25) is 0 Å². The lowest BCUT2D eigenvalue weighted by atomic mass is 10.00. The summed E-state index contributed by atoms with van der Waals surface area (Å²) in [5.41, 5.74) is 6.57. The van der Waals surface area contributed by atoms with Crippen LogP contribution in [0.25, 0.3) is 0 Å². The Morgan fingerprint density at radius 1 is 1.41 bits per heavy atom. The van der Waals surface area contributed by atoms with Crippen LogP contribution in [0.15, 0.2) is 18.2 Å². The molecule has 0 aliphatic carbocycles. The van der Waals surface area contributed by atoms with E-state index >= 15 is 0 Å². The molecule has 2 atom stereocenters. The lowest BCUT2D eigenvalue weighted by Crippen LogP contribution is -2.42. The van der Waals surface area contributed by atoms with Crippen molar-refractivity contribution in [2.24, 2.45) is 5.73 Å². The third-order valence-corrected chi connectivity index (χ3v) is 2.91. The van der Waals surface area contributed by atoms with E-state index in [9.17, 15) is 8.78 Å². The maximum atomic E-state index is 13.0. The minimum Gasteiger partial charge on any atom is -0.379 e. The minimum atomic E-state index is -0.856. The first-order chi connectivity index (χ1) is 8.16. The Morgan fingerprint density at radius 3 is 2.88 bits per heavy atom. The highest BCUT2D eigenvalue weighted by molar-refractivity contribution is 5.21. The molecule has 1 saturated heterocycles. The van der Waals surface area contributed by atoms with E-state index in [0.717, 1.165) is 18.7 Å². The summed E-state index contributed by atoms with van der Waals surface area (Å²) in [6.07, 6.45) is 0.644. The average Bonchev–Trinajstić information content (AvgIpc) is 2.34. The van der Waals surface area contributed by atoms with E-state index in [1.807, 2.05) is 0 Å². The molecule has 0 radical (unpaired) electrons. The van der Waals surface area contributed by atoms with Gasteiger partial charge in [-0.15, -0.1) is 0 Å². The predicted octanol–water partition coefficient (Wildman–Crippen LogP) is 1.34. The van der Waals surface area contributed by atoms with Crippen molar-refractivity contribution in [3.05, 3.63) is 35.4 Å². The van der Waals surface area contributed by atoms with Gasteiger partial charge in [0.1, 0.15) is 0 Å². The zero-order chi connectivity index (χ0) is 12.3. The van der Waals surface area contributed by atoms with Crippen LogP contribution in [-0.2, 0) is 4.74 Å². The van der Waals surface area contributed by atoms with Crippen LogP contribution in [0.3, 0.4) is 0 Å². The Bertz CT molecular complexity index is 381. The highest BCUT2D eigenvalue weighted by atomic mass is 19.2. The van der Waals surface area contributed by atoms with E-state index in [-0.39, 0.29) is 12.1 Å². The fourth-order valence-electron chi connectivity index (χ4n) is 1.96. The monoisotopic (exact) mass is 242 g/mol. The molecule has 0 bridgehead atoms. The number of nitrogens with two attached hydrogens (primary N) is 1. The molecule has 0 saturated carbocycles. The number of morpholine rings is 1. The molecule has 0 spiro atoms. The molecule has 5 heteroatoms. The van der Waals surface area contributed by atoms with Crippen LogP contribution in [0.4, 0.5) is 8.78 Å². The molecule has 0 aromatic heterocycles. The molecular formula is C12H16F2N2O. The molecule has 3 nitrogen and oxygen atoms in total. The Morgan fingerprint density at radius 2 is 2.24 bits per heavy atom. The Balaban J connectivity index is 1.98. The second-order valence-corrected chi connectivity index (χ2v) is 4.24. The van der Waals surface area contributed by atoms with Gasteiger partial charge in [-0.2, -0.15) is 0 Å². The van der Waals surface area contributed by atoms with Gasteiger partial charge in [0, 0.05) is 18.6 Å². The number of rotatable bonds is 3. The maximum Gasteiger partial charge on any atom is 0.159 e. The number of hydrogen-bond acceptors (Lipinski definition) is 3. The standard InChI is InChI=1S/C12H16F2N2O/c13-10-2-1-8(5-11(10)14)12(15)6-9-7-17-4-3-16-9/h1-2,5,9,12,16H,3-4,6-7,15H2. The fourth-order valence-corrected chi connectivity index (χ4v) is 1.96. The molecule has 1 aliphatic heterocycles. The lowest BCUT2D eigenvalue weighted by Gasteiger charge is -2.26. The SMILES string of the molecule is NC(CC1COCCN1)c1ccc(F)c(F)c1. The van der Waals surface area contributed by atoms with Crippen molar-refractivity contribution in [2.75, 3.05) is 19.8 Å². The van der Waals surface area contributed by atoms with Gasteiger partial charge in [-0.05, 0) is 24.1 Å². The summed E-state index contributed by atoms with van der Waals surface area (Å²) in [7, 11) is 0. The molecule has 0 amide bonds. The molecule has 17 heavy (non-hydrogen) atoms. The van der Waals surface area contributed by atoms with Crippen LogP contribution in [0, 0.1) is 11.6 Å². The topological polar surface area (TPSA) is 47.3 Å². The molecule has 1 aliphatic rings. The first-order valence-electron chi connectivity index (χ1n) is 5.68. The molecule has 1 heterocycles. The van der Waals surface area contributed by atoms with Gasteiger partial charge in [-0.3, -0.25) is 0 Å². The van der Waals surface area contributed by atoms with E-state index in [0.29, 0.717) is 25.2 Å². The van der Waals surface area contributed by atoms with Crippen LogP contribution < -0.4 is 11.1 Å². The molecule has 2 unspecified atom stereocenters. The quantitative estimate of drug-likeness (QED) is 0.841. The minimum absolute atomic E-state index is 0.173. The van der Waals surface area contributed by atoms with Crippen molar-refractivity contribution in [2.45, 2.75) is 18.5 Å². The van der Waals surface area contributed by atoms with Crippen LogP contribution in [0.5, 0.6) is 0 Å². The smallest absolute Gasteiger partial charge is 0.159 e. The van der Waals surface area contributed by atoms with Crippen molar-refractivity contribution < 1.29 is 13.5 Å². The van der Waals surface area contributed by atoms with Crippen LogP contribution in [0.1, 0.15) is 18.0 Å². The lowest BCUT2D eigenvalue weighted by molar-refractivity contribution is 0.0720. The van der Waals surface area contributed by atoms with Crippen LogP contribution >= 0.6 is 0 Å². The molecular weight excluding hydrogens is 226 g/mol. The average molecular weight is 242 g/mol. The second kappa shape index (κ2) is 5.53. The molecule has 1 aromatic carbocycles. The predicted molar refractivity (Wildman–Crippen MR) is 60.5 cm³/mol. The summed E-state index contributed by atoms with van der Waals surface area (Å²) in [6, 6.07) is 3.64. The van der Waals surface area contributed by atoms with Gasteiger partial charge < -0.3 is 15.8 Å². The number of nitrogens with one attached hydrogen (secondary N) is 1. The normalized spacial score (nSPS) is 22.4. The van der Waals surface area contributed by atoms with Gasteiger partial charge in [0.2, 0.25) is 0 Å². The van der Waals surface area contributed by atoms with E-state index in [1.165, 1.54) is 6.07 Å². The Hall–Kier alpha value is -1.04. The molecule has 3 N–H and O–H groups in total. The van der Waals surface area contributed by atoms with E-state index in [1.54, 1.807) is 0 Å². The highest BCUT2D eigenvalue weighted by Gasteiger charge is 2.18. The third-order valence-electron chi connectivity index (χ3n) is 2.91. The summed E-state index contributed by atoms with van der Waals surface area (Å²) in [6.45, 7) is 2.11. The summed E-state index contributed by atoms with van der Waals surface area (Å²) >= 11 is 0. The van der Waals surface area contributed by atoms with E-state index in [2.05, 4.69) is 5.32 Å².